The summed E-state index contributed by atoms with van der Waals surface area (Å²) in [5.74, 6) is -0.542. The lowest BCUT2D eigenvalue weighted by molar-refractivity contribution is -0.274. The van der Waals surface area contributed by atoms with Crippen LogP contribution in [0.4, 0.5) is 18.9 Å². The van der Waals surface area contributed by atoms with Gasteiger partial charge in [0, 0.05) is 11.6 Å². The Hall–Kier alpha value is -1.62. The molecule has 1 N–H and O–H groups in total. The molecule has 0 aliphatic carbocycles. The van der Waals surface area contributed by atoms with Gasteiger partial charge in [0.1, 0.15) is 11.8 Å². The van der Waals surface area contributed by atoms with Crippen LogP contribution in [0.3, 0.4) is 0 Å². The minimum absolute atomic E-state index is 0.0232. The van der Waals surface area contributed by atoms with Crippen LogP contribution in [0.5, 0.6) is 5.75 Å². The molecule has 11 heteroatoms. The van der Waals surface area contributed by atoms with Gasteiger partial charge in [-0.1, -0.05) is 52.2 Å². The molecule has 0 saturated carbocycles. The highest BCUT2D eigenvalue weighted by atomic mass is 35.5. The molecule has 0 saturated heterocycles. The number of aliphatic carboxylic acids is 1. The zero-order valence-electron chi connectivity index (χ0n) is 14.4. The molecule has 0 aromatic heterocycles. The highest BCUT2D eigenvalue weighted by Crippen LogP contribution is 2.36. The Bertz CT molecular complexity index is 787. The predicted molar refractivity (Wildman–Crippen MR) is 102 cm³/mol. The summed E-state index contributed by atoms with van der Waals surface area (Å²) in [4.78, 5) is 25.2. The number of nitrogens with zero attached hydrogens (tertiary/aromatic N) is 1. The first-order valence-electron chi connectivity index (χ1n) is 7.26. The number of ether oxygens (including phenoxy) is 1. The highest BCUT2D eigenvalue weighted by molar-refractivity contribution is 8.46. The second kappa shape index (κ2) is 9.05. The van der Waals surface area contributed by atoms with E-state index in [1.165, 1.54) is 0 Å². The van der Waals surface area contributed by atoms with E-state index in [-0.39, 0.29) is 5.69 Å². The monoisotopic (exact) mass is 441 g/mol. The zero-order chi connectivity index (χ0) is 21.0. The van der Waals surface area contributed by atoms with Crippen molar-refractivity contribution in [3.63, 3.8) is 0 Å². The van der Waals surface area contributed by atoms with Crippen molar-refractivity contribution in [1.82, 2.24) is 0 Å². The van der Waals surface area contributed by atoms with Crippen molar-refractivity contribution in [1.29, 1.82) is 0 Å². The Balaban J connectivity index is 3.49. The quantitative estimate of drug-likeness (QED) is 0.548. The molecule has 148 valence electrons. The Morgan fingerprint density at radius 1 is 1.33 bits per heavy atom. The molecule has 1 aromatic rings. The van der Waals surface area contributed by atoms with Crippen molar-refractivity contribution in [3.05, 3.63) is 23.2 Å². The summed E-state index contributed by atoms with van der Waals surface area (Å²) >= 11 is 6.80. The summed E-state index contributed by atoms with van der Waals surface area (Å²) in [6.07, 6.45) is -4.95. The van der Waals surface area contributed by atoms with Crippen molar-refractivity contribution in [3.8, 4) is 16.9 Å². The first kappa shape index (κ1) is 23.4. The van der Waals surface area contributed by atoms with Crippen LogP contribution in [0.1, 0.15) is 20.8 Å². The summed E-state index contributed by atoms with van der Waals surface area (Å²) in [5.41, 5.74) is -0.935. The molecule has 0 fully saturated rings. The number of carboxylic acids is 1. The third kappa shape index (κ3) is 6.80. The van der Waals surface area contributed by atoms with Crippen molar-refractivity contribution >= 4 is 49.0 Å². The predicted octanol–water partition coefficient (Wildman–Crippen LogP) is 4.56. The molecule has 2 atom stereocenters. The van der Waals surface area contributed by atoms with E-state index in [9.17, 15) is 27.9 Å². The van der Waals surface area contributed by atoms with Gasteiger partial charge in [-0.3, -0.25) is 9.69 Å². The lowest BCUT2D eigenvalue weighted by atomic mass is 9.85. The van der Waals surface area contributed by atoms with Crippen molar-refractivity contribution in [2.24, 2.45) is 5.41 Å². The second-order valence-electron chi connectivity index (χ2n) is 6.29. The van der Waals surface area contributed by atoms with Crippen LogP contribution in [-0.4, -0.2) is 29.4 Å². The van der Waals surface area contributed by atoms with Crippen LogP contribution in [0.15, 0.2) is 18.2 Å². The molecule has 0 bridgehead atoms. The summed E-state index contributed by atoms with van der Waals surface area (Å²) in [6.45, 7) is 4.81. The molecule has 27 heavy (non-hydrogen) atoms. The van der Waals surface area contributed by atoms with Gasteiger partial charge in [0.2, 0.25) is 0 Å². The highest BCUT2D eigenvalue weighted by Gasteiger charge is 2.40. The number of carbonyl (C=O) groups excluding carboxylic acids is 1. The van der Waals surface area contributed by atoms with Gasteiger partial charge in [-0.05, 0) is 28.9 Å². The molecule has 5 nitrogen and oxygen atoms in total. The molecule has 2 unspecified atom stereocenters. The average molecular weight is 442 g/mol. The van der Waals surface area contributed by atoms with Gasteiger partial charge >= 0.3 is 18.2 Å². The maximum Gasteiger partial charge on any atom is 0.573 e. The van der Waals surface area contributed by atoms with Crippen LogP contribution in [0.25, 0.3) is 0 Å². The number of carbonyl (C=O) groups is 2. The number of amides is 1. The maximum atomic E-state index is 12.5. The summed E-state index contributed by atoms with van der Waals surface area (Å²) in [5, 5.41) is 11.6. The minimum Gasteiger partial charge on any atom is -0.480 e. The minimum atomic E-state index is -4.95. The standard InChI is InChI=1S/C16H16ClF3NO4PS/c1-15(2,3)13(14(23)24)21(12(22)6-7-27-26)9-4-5-11(10(17)8-9)25-16(18,19)20/h4-5,8,13H,26H2,1-3H3,(H,23,24). The van der Waals surface area contributed by atoms with Gasteiger partial charge < -0.3 is 9.84 Å². The fraction of sp³-hybridized carbons (Fsp3) is 0.375. The molecule has 0 aliphatic heterocycles. The van der Waals surface area contributed by atoms with E-state index < -0.39 is 40.5 Å². The molecule has 0 spiro atoms. The number of benzene rings is 1. The van der Waals surface area contributed by atoms with Gasteiger partial charge in [0.15, 0.2) is 0 Å². The molecule has 1 amide bonds. The largest absolute Gasteiger partial charge is 0.573 e. The molecule has 1 rings (SSSR count). The van der Waals surface area contributed by atoms with E-state index in [1.807, 2.05) is 0 Å². The Labute approximate surface area is 165 Å². The molecular formula is C16H16ClF3NO4PS. The van der Waals surface area contributed by atoms with Gasteiger partial charge in [0.05, 0.1) is 5.02 Å². The lowest BCUT2D eigenvalue weighted by Crippen LogP contribution is -2.52. The van der Waals surface area contributed by atoms with Crippen LogP contribution >= 0.6 is 31.4 Å². The number of rotatable bonds is 4. The normalized spacial score (nSPS) is 12.6. The Kier molecular flexibility index (Phi) is 7.85. The van der Waals surface area contributed by atoms with Crippen LogP contribution in [-0.2, 0) is 9.59 Å². The molecule has 0 radical (unpaired) electrons. The topological polar surface area (TPSA) is 66.8 Å². The smallest absolute Gasteiger partial charge is 0.480 e. The number of alkyl halides is 3. The zero-order valence-corrected chi connectivity index (χ0v) is 17.2. The van der Waals surface area contributed by atoms with Crippen LogP contribution in [0, 0.1) is 16.6 Å². The first-order valence-corrected chi connectivity index (χ1v) is 9.93. The number of hydrogen-bond acceptors (Lipinski definition) is 4. The van der Waals surface area contributed by atoms with Crippen molar-refractivity contribution in [2.45, 2.75) is 33.2 Å². The van der Waals surface area contributed by atoms with E-state index in [4.69, 9.17) is 11.6 Å². The van der Waals surface area contributed by atoms with Crippen molar-refractivity contribution in [2.75, 3.05) is 4.90 Å². The van der Waals surface area contributed by atoms with Gasteiger partial charge in [-0.15, -0.1) is 13.2 Å². The Morgan fingerprint density at radius 3 is 2.33 bits per heavy atom. The fourth-order valence-electron chi connectivity index (χ4n) is 2.23. The van der Waals surface area contributed by atoms with Crippen LogP contribution in [0.2, 0.25) is 5.02 Å². The average Bonchev–Trinajstić information content (AvgIpc) is 2.49. The van der Waals surface area contributed by atoms with E-state index >= 15 is 0 Å². The van der Waals surface area contributed by atoms with Gasteiger partial charge in [-0.2, -0.15) is 0 Å². The number of hydrogen-bond donors (Lipinski definition) is 1. The van der Waals surface area contributed by atoms with E-state index in [0.717, 1.165) is 34.5 Å². The lowest BCUT2D eigenvalue weighted by Gasteiger charge is -2.36. The molecule has 1 aromatic carbocycles. The number of anilines is 1. The van der Waals surface area contributed by atoms with E-state index in [0.29, 0.717) is 0 Å². The third-order valence-corrected chi connectivity index (χ3v) is 4.04. The number of carboxylic acid groups (broad SMARTS) is 1. The first-order chi connectivity index (χ1) is 12.3. The summed E-state index contributed by atoms with van der Waals surface area (Å²) in [6, 6.07) is 1.70. The van der Waals surface area contributed by atoms with Crippen LogP contribution < -0.4 is 9.64 Å². The van der Waals surface area contributed by atoms with E-state index in [2.05, 4.69) is 24.4 Å². The molecule has 0 aliphatic rings. The van der Waals surface area contributed by atoms with Crippen molar-refractivity contribution < 1.29 is 32.6 Å². The SMILES string of the molecule is CC(C)(C)C(C(=O)O)N(C(=O)C#CSP)c1ccc(OC(F)(F)F)c(Cl)c1. The van der Waals surface area contributed by atoms with Gasteiger partial charge in [0.25, 0.3) is 0 Å². The maximum absolute atomic E-state index is 12.5. The fourth-order valence-corrected chi connectivity index (χ4v) is 2.77. The molecule has 0 heterocycles. The summed E-state index contributed by atoms with van der Waals surface area (Å²) < 4.78 is 41.0. The Morgan fingerprint density at radius 2 is 1.93 bits per heavy atom. The third-order valence-electron chi connectivity index (χ3n) is 3.17. The van der Waals surface area contributed by atoms with Gasteiger partial charge in [-0.25, -0.2) is 4.79 Å². The second-order valence-corrected chi connectivity index (χ2v) is 7.84. The van der Waals surface area contributed by atoms with E-state index in [1.54, 1.807) is 20.8 Å². The molecular weight excluding hydrogens is 426 g/mol. The number of halogens is 4. The summed E-state index contributed by atoms with van der Waals surface area (Å²) in [7, 11) is 2.22.